The van der Waals surface area contributed by atoms with Crippen molar-refractivity contribution in [2.45, 2.75) is 6.92 Å². The number of phenols is 1. The van der Waals surface area contributed by atoms with Gasteiger partial charge in [0.05, 0.1) is 6.61 Å². The average Bonchev–Trinajstić information content (AvgIpc) is 2.30. The molecule has 0 radical (unpaired) electrons. The molecule has 0 bridgehead atoms. The van der Waals surface area contributed by atoms with Gasteiger partial charge in [0.15, 0.2) is 11.5 Å². The second kappa shape index (κ2) is 5.80. The van der Waals surface area contributed by atoms with Gasteiger partial charge in [0, 0.05) is 5.56 Å². The van der Waals surface area contributed by atoms with Crippen LogP contribution in [0.5, 0.6) is 17.2 Å². The van der Waals surface area contributed by atoms with Gasteiger partial charge in [-0.3, -0.25) is 4.79 Å². The summed E-state index contributed by atoms with van der Waals surface area (Å²) in [5.74, 6) is 0.355. The topological polar surface area (TPSA) is 55.8 Å². The molecule has 0 aliphatic heterocycles. The summed E-state index contributed by atoms with van der Waals surface area (Å²) in [5, 5.41) is 9.77. The van der Waals surface area contributed by atoms with E-state index in [1.54, 1.807) is 13.0 Å². The SMILES string of the molecule is C=CCOc1cc(C=O)cc(OCC)c1O. The van der Waals surface area contributed by atoms with Gasteiger partial charge >= 0.3 is 0 Å². The van der Waals surface area contributed by atoms with Crippen molar-refractivity contribution in [1.29, 1.82) is 0 Å². The number of phenolic OH excluding ortho intramolecular Hbond substituents is 1. The quantitative estimate of drug-likeness (QED) is 0.592. The molecule has 0 aromatic heterocycles. The Morgan fingerprint density at radius 1 is 1.38 bits per heavy atom. The number of hydrogen-bond donors (Lipinski definition) is 1. The van der Waals surface area contributed by atoms with Crippen LogP contribution < -0.4 is 9.47 Å². The largest absolute Gasteiger partial charge is 0.502 e. The number of aldehydes is 1. The third kappa shape index (κ3) is 2.76. The summed E-state index contributed by atoms with van der Waals surface area (Å²) in [6, 6.07) is 2.92. The molecule has 86 valence electrons. The molecule has 0 heterocycles. The summed E-state index contributed by atoms with van der Waals surface area (Å²) in [7, 11) is 0. The average molecular weight is 222 g/mol. The highest BCUT2D eigenvalue weighted by Gasteiger charge is 2.11. The number of hydrogen-bond acceptors (Lipinski definition) is 4. The van der Waals surface area contributed by atoms with Crippen LogP contribution in [0.3, 0.4) is 0 Å². The Morgan fingerprint density at radius 2 is 2.00 bits per heavy atom. The van der Waals surface area contributed by atoms with Crippen molar-refractivity contribution in [3.63, 3.8) is 0 Å². The lowest BCUT2D eigenvalue weighted by molar-refractivity contribution is 0.112. The normalized spacial score (nSPS) is 9.56. The van der Waals surface area contributed by atoms with E-state index in [1.165, 1.54) is 12.1 Å². The summed E-state index contributed by atoms with van der Waals surface area (Å²) in [6.07, 6.45) is 2.22. The summed E-state index contributed by atoms with van der Waals surface area (Å²) >= 11 is 0. The van der Waals surface area contributed by atoms with Gasteiger partial charge in [0.25, 0.3) is 0 Å². The molecular weight excluding hydrogens is 208 g/mol. The van der Waals surface area contributed by atoms with Gasteiger partial charge in [0.1, 0.15) is 12.9 Å². The van der Waals surface area contributed by atoms with E-state index in [9.17, 15) is 9.90 Å². The molecule has 1 aromatic rings. The second-order valence-corrected chi connectivity index (χ2v) is 3.02. The van der Waals surface area contributed by atoms with Crippen molar-refractivity contribution in [2.24, 2.45) is 0 Å². The van der Waals surface area contributed by atoms with Gasteiger partial charge in [-0.1, -0.05) is 12.7 Å². The minimum Gasteiger partial charge on any atom is -0.502 e. The monoisotopic (exact) mass is 222 g/mol. The highest BCUT2D eigenvalue weighted by molar-refractivity contribution is 5.78. The highest BCUT2D eigenvalue weighted by Crippen LogP contribution is 2.37. The van der Waals surface area contributed by atoms with Crippen molar-refractivity contribution < 1.29 is 19.4 Å². The van der Waals surface area contributed by atoms with E-state index >= 15 is 0 Å². The number of rotatable bonds is 6. The highest BCUT2D eigenvalue weighted by atomic mass is 16.5. The zero-order chi connectivity index (χ0) is 12.0. The molecule has 1 rings (SSSR count). The Bertz CT molecular complexity index is 385. The van der Waals surface area contributed by atoms with E-state index in [-0.39, 0.29) is 23.9 Å². The summed E-state index contributed by atoms with van der Waals surface area (Å²) < 4.78 is 10.4. The zero-order valence-corrected chi connectivity index (χ0v) is 9.10. The van der Waals surface area contributed by atoms with Gasteiger partial charge in [0.2, 0.25) is 5.75 Å². The second-order valence-electron chi connectivity index (χ2n) is 3.02. The van der Waals surface area contributed by atoms with Crippen LogP contribution in [0, 0.1) is 0 Å². The molecule has 0 aliphatic carbocycles. The maximum atomic E-state index is 10.7. The number of benzene rings is 1. The lowest BCUT2D eigenvalue weighted by atomic mass is 10.2. The molecule has 0 atom stereocenters. The van der Waals surface area contributed by atoms with Crippen LogP contribution in [-0.4, -0.2) is 24.6 Å². The number of carbonyl (C=O) groups excluding carboxylic acids is 1. The molecule has 1 N–H and O–H groups in total. The number of carbonyl (C=O) groups is 1. The van der Waals surface area contributed by atoms with Crippen LogP contribution in [0.4, 0.5) is 0 Å². The first-order chi connectivity index (χ1) is 7.72. The predicted octanol–water partition coefficient (Wildman–Crippen LogP) is 2.17. The minimum atomic E-state index is -0.102. The minimum absolute atomic E-state index is 0.102. The van der Waals surface area contributed by atoms with Gasteiger partial charge in [-0.15, -0.1) is 0 Å². The van der Waals surface area contributed by atoms with Crippen LogP contribution in [0.1, 0.15) is 17.3 Å². The van der Waals surface area contributed by atoms with Crippen molar-refractivity contribution in [3.8, 4) is 17.2 Å². The van der Waals surface area contributed by atoms with Crippen LogP contribution >= 0.6 is 0 Å². The third-order valence-corrected chi connectivity index (χ3v) is 1.85. The molecule has 1 aromatic carbocycles. The summed E-state index contributed by atoms with van der Waals surface area (Å²) in [4.78, 5) is 10.7. The molecule has 0 fully saturated rings. The van der Waals surface area contributed by atoms with Crippen LogP contribution in [0.15, 0.2) is 24.8 Å². The fourth-order valence-corrected chi connectivity index (χ4v) is 1.19. The molecule has 4 heteroatoms. The van der Waals surface area contributed by atoms with E-state index in [0.717, 1.165) is 0 Å². The molecule has 0 unspecified atom stereocenters. The van der Waals surface area contributed by atoms with E-state index in [4.69, 9.17) is 9.47 Å². The number of ether oxygens (including phenoxy) is 2. The van der Waals surface area contributed by atoms with E-state index in [1.807, 2.05) is 0 Å². The summed E-state index contributed by atoms with van der Waals surface area (Å²) in [6.45, 7) is 5.94. The molecular formula is C12H14O4. The molecule has 0 saturated heterocycles. The fourth-order valence-electron chi connectivity index (χ4n) is 1.19. The fraction of sp³-hybridized carbons (Fsp3) is 0.250. The standard InChI is InChI=1S/C12H14O4/c1-3-5-16-11-7-9(8-13)6-10(12(11)14)15-4-2/h3,6-8,14H,1,4-5H2,2H3. The Morgan fingerprint density at radius 3 is 2.50 bits per heavy atom. The van der Waals surface area contributed by atoms with Crippen molar-refractivity contribution in [2.75, 3.05) is 13.2 Å². The number of aromatic hydroxyl groups is 1. The van der Waals surface area contributed by atoms with Gasteiger partial charge in [-0.05, 0) is 19.1 Å². The van der Waals surface area contributed by atoms with Crippen molar-refractivity contribution in [1.82, 2.24) is 0 Å². The molecule has 0 saturated carbocycles. The third-order valence-electron chi connectivity index (χ3n) is 1.85. The lowest BCUT2D eigenvalue weighted by Crippen LogP contribution is -1.98. The smallest absolute Gasteiger partial charge is 0.200 e. The maximum absolute atomic E-state index is 10.7. The Balaban J connectivity index is 3.08. The first kappa shape index (κ1) is 12.1. The van der Waals surface area contributed by atoms with E-state index < -0.39 is 0 Å². The van der Waals surface area contributed by atoms with E-state index in [0.29, 0.717) is 18.5 Å². The van der Waals surface area contributed by atoms with Gasteiger partial charge in [-0.2, -0.15) is 0 Å². The summed E-state index contributed by atoms with van der Waals surface area (Å²) in [5.41, 5.74) is 0.389. The Labute approximate surface area is 94.1 Å². The first-order valence-electron chi connectivity index (χ1n) is 4.91. The zero-order valence-electron chi connectivity index (χ0n) is 9.10. The molecule has 0 amide bonds. The van der Waals surface area contributed by atoms with Gasteiger partial charge < -0.3 is 14.6 Å². The van der Waals surface area contributed by atoms with Crippen LogP contribution in [0.2, 0.25) is 0 Å². The first-order valence-corrected chi connectivity index (χ1v) is 4.91. The Kier molecular flexibility index (Phi) is 4.39. The van der Waals surface area contributed by atoms with Crippen LogP contribution in [-0.2, 0) is 0 Å². The van der Waals surface area contributed by atoms with E-state index in [2.05, 4.69) is 6.58 Å². The molecule has 0 aliphatic rings. The lowest BCUT2D eigenvalue weighted by Gasteiger charge is -2.11. The van der Waals surface area contributed by atoms with Gasteiger partial charge in [-0.25, -0.2) is 0 Å². The van der Waals surface area contributed by atoms with Crippen LogP contribution in [0.25, 0.3) is 0 Å². The van der Waals surface area contributed by atoms with Crippen molar-refractivity contribution in [3.05, 3.63) is 30.4 Å². The molecule has 16 heavy (non-hydrogen) atoms. The Hall–Kier alpha value is -1.97. The van der Waals surface area contributed by atoms with Crippen molar-refractivity contribution >= 4 is 6.29 Å². The maximum Gasteiger partial charge on any atom is 0.200 e. The predicted molar refractivity (Wildman–Crippen MR) is 60.4 cm³/mol. The molecule has 4 nitrogen and oxygen atoms in total. The molecule has 0 spiro atoms.